The standard InChI is InChI=1S/C19H21N3OS2.ClH/c1-12(20)14-7-4-5-11-22(14)19(23)17-10-9-16(24-17)18-21-13-6-2-3-8-15(13)25-18;/h2-3,6,8-10,12,14H,4-5,7,11,20H2,1H3;1H. The number of nitrogens with zero attached hydrogens (tertiary/aromatic N) is 2. The van der Waals surface area contributed by atoms with E-state index in [1.165, 1.54) is 16.0 Å². The largest absolute Gasteiger partial charge is 0.333 e. The number of benzene rings is 1. The quantitative estimate of drug-likeness (QED) is 0.679. The number of para-hydroxylation sites is 1. The van der Waals surface area contributed by atoms with Crippen molar-refractivity contribution in [3.8, 4) is 9.88 Å². The molecule has 3 aromatic rings. The molecule has 7 heteroatoms. The van der Waals surface area contributed by atoms with E-state index in [4.69, 9.17) is 10.7 Å². The maximum Gasteiger partial charge on any atom is 0.264 e. The molecule has 0 spiro atoms. The van der Waals surface area contributed by atoms with Gasteiger partial charge in [0.2, 0.25) is 0 Å². The molecule has 4 rings (SSSR count). The first-order valence-electron chi connectivity index (χ1n) is 8.66. The van der Waals surface area contributed by atoms with E-state index < -0.39 is 0 Å². The summed E-state index contributed by atoms with van der Waals surface area (Å²) < 4.78 is 1.17. The predicted octanol–water partition coefficient (Wildman–Crippen LogP) is 4.79. The monoisotopic (exact) mass is 407 g/mol. The van der Waals surface area contributed by atoms with Crippen molar-refractivity contribution in [3.63, 3.8) is 0 Å². The summed E-state index contributed by atoms with van der Waals surface area (Å²) in [5.74, 6) is 0.111. The lowest BCUT2D eigenvalue weighted by molar-refractivity contribution is 0.0589. The molecule has 0 bridgehead atoms. The van der Waals surface area contributed by atoms with Crippen molar-refractivity contribution in [2.45, 2.75) is 38.3 Å². The lowest BCUT2D eigenvalue weighted by Crippen LogP contribution is -2.51. The molecule has 0 radical (unpaired) electrons. The van der Waals surface area contributed by atoms with Crippen LogP contribution in [0.3, 0.4) is 0 Å². The Bertz CT molecular complexity index is 872. The number of amides is 1. The average Bonchev–Trinajstić information content (AvgIpc) is 3.27. The fraction of sp³-hybridized carbons (Fsp3) is 0.368. The van der Waals surface area contributed by atoms with E-state index in [2.05, 4.69) is 6.07 Å². The number of nitrogens with two attached hydrogens (primary N) is 1. The first-order chi connectivity index (χ1) is 12.1. The zero-order chi connectivity index (χ0) is 17.4. The third-order valence-electron chi connectivity index (χ3n) is 4.74. The number of carbonyl (C=O) groups excluding carboxylic acids is 1. The van der Waals surface area contributed by atoms with Crippen LogP contribution in [0.2, 0.25) is 0 Å². The van der Waals surface area contributed by atoms with Gasteiger partial charge in [-0.25, -0.2) is 4.98 Å². The maximum absolute atomic E-state index is 13.0. The van der Waals surface area contributed by atoms with Crippen LogP contribution < -0.4 is 5.73 Å². The molecule has 1 amide bonds. The van der Waals surface area contributed by atoms with Gasteiger partial charge in [-0.1, -0.05) is 12.1 Å². The fourth-order valence-electron chi connectivity index (χ4n) is 3.44. The number of halogens is 1. The Morgan fingerprint density at radius 3 is 2.81 bits per heavy atom. The Morgan fingerprint density at radius 1 is 1.23 bits per heavy atom. The predicted molar refractivity (Wildman–Crippen MR) is 113 cm³/mol. The van der Waals surface area contributed by atoms with Crippen LogP contribution in [0.4, 0.5) is 0 Å². The van der Waals surface area contributed by atoms with Gasteiger partial charge in [0, 0.05) is 18.6 Å². The van der Waals surface area contributed by atoms with Crippen molar-refractivity contribution < 1.29 is 4.79 Å². The van der Waals surface area contributed by atoms with Gasteiger partial charge in [0.1, 0.15) is 5.01 Å². The molecule has 2 unspecified atom stereocenters. The maximum atomic E-state index is 13.0. The molecule has 1 aliphatic rings. The van der Waals surface area contributed by atoms with Gasteiger partial charge in [0.15, 0.2) is 0 Å². The number of piperidine rings is 1. The van der Waals surface area contributed by atoms with E-state index in [1.807, 2.05) is 42.2 Å². The Labute approximate surface area is 167 Å². The second-order valence-corrected chi connectivity index (χ2v) is 8.69. The highest BCUT2D eigenvalue weighted by Gasteiger charge is 2.30. The topological polar surface area (TPSA) is 59.2 Å². The zero-order valence-corrected chi connectivity index (χ0v) is 17.0. The third-order valence-corrected chi connectivity index (χ3v) is 7.02. The lowest BCUT2D eigenvalue weighted by Gasteiger charge is -2.37. The summed E-state index contributed by atoms with van der Waals surface area (Å²) in [6.45, 7) is 2.80. The van der Waals surface area contributed by atoms with Gasteiger partial charge in [-0.2, -0.15) is 0 Å². The minimum absolute atomic E-state index is 0. The molecule has 138 valence electrons. The smallest absolute Gasteiger partial charge is 0.264 e. The lowest BCUT2D eigenvalue weighted by atomic mass is 9.97. The summed E-state index contributed by atoms with van der Waals surface area (Å²) in [5, 5.41) is 0.979. The number of carbonyl (C=O) groups is 1. The minimum Gasteiger partial charge on any atom is -0.333 e. The number of hydrogen-bond acceptors (Lipinski definition) is 5. The molecule has 3 heterocycles. The van der Waals surface area contributed by atoms with Gasteiger partial charge in [0.25, 0.3) is 5.91 Å². The molecular weight excluding hydrogens is 386 g/mol. The molecule has 0 aliphatic carbocycles. The molecular formula is C19H22ClN3OS2. The van der Waals surface area contributed by atoms with Crippen LogP contribution in [-0.4, -0.2) is 34.4 Å². The number of thiophene rings is 1. The number of likely N-dealkylation sites (tertiary alicyclic amines) is 1. The van der Waals surface area contributed by atoms with E-state index >= 15 is 0 Å². The van der Waals surface area contributed by atoms with Crippen molar-refractivity contribution in [2.75, 3.05) is 6.54 Å². The number of rotatable bonds is 3. The van der Waals surface area contributed by atoms with E-state index in [9.17, 15) is 4.79 Å². The van der Waals surface area contributed by atoms with Crippen molar-refractivity contribution in [2.24, 2.45) is 5.73 Å². The summed E-state index contributed by atoms with van der Waals surface area (Å²) in [6, 6.07) is 12.2. The Balaban J connectivity index is 0.00000196. The van der Waals surface area contributed by atoms with Crippen molar-refractivity contribution >= 4 is 51.2 Å². The first kappa shape index (κ1) is 19.3. The summed E-state index contributed by atoms with van der Waals surface area (Å²) >= 11 is 3.20. The Hall–Kier alpha value is -1.47. The SMILES string of the molecule is CC(N)C1CCCCN1C(=O)c1ccc(-c2nc3ccccc3s2)s1.Cl. The van der Waals surface area contributed by atoms with Crippen LogP contribution >= 0.6 is 35.1 Å². The number of fused-ring (bicyclic) bond motifs is 1. The molecule has 1 aliphatic heterocycles. The molecule has 26 heavy (non-hydrogen) atoms. The summed E-state index contributed by atoms with van der Waals surface area (Å²) in [7, 11) is 0. The zero-order valence-electron chi connectivity index (χ0n) is 14.6. The molecule has 1 fully saturated rings. The summed E-state index contributed by atoms with van der Waals surface area (Å²) in [5.41, 5.74) is 7.12. The Morgan fingerprint density at radius 2 is 2.04 bits per heavy atom. The molecule has 2 N–H and O–H groups in total. The highest BCUT2D eigenvalue weighted by molar-refractivity contribution is 7.26. The van der Waals surface area contributed by atoms with Crippen molar-refractivity contribution in [3.05, 3.63) is 41.3 Å². The van der Waals surface area contributed by atoms with Crippen LogP contribution in [0.1, 0.15) is 35.9 Å². The second-order valence-electron chi connectivity index (χ2n) is 6.57. The second kappa shape index (κ2) is 8.05. The molecule has 1 saturated heterocycles. The van der Waals surface area contributed by atoms with Gasteiger partial charge in [-0.15, -0.1) is 35.1 Å². The van der Waals surface area contributed by atoms with Gasteiger partial charge < -0.3 is 10.6 Å². The van der Waals surface area contributed by atoms with Gasteiger partial charge in [0.05, 0.1) is 20.0 Å². The van der Waals surface area contributed by atoms with E-state index in [1.54, 1.807) is 11.3 Å². The summed E-state index contributed by atoms with van der Waals surface area (Å²) in [6.07, 6.45) is 3.21. The highest BCUT2D eigenvalue weighted by atomic mass is 35.5. The molecule has 2 atom stereocenters. The van der Waals surface area contributed by atoms with Gasteiger partial charge in [-0.05, 0) is 50.5 Å². The highest BCUT2D eigenvalue weighted by Crippen LogP contribution is 2.35. The van der Waals surface area contributed by atoms with Crippen LogP contribution in [0.5, 0.6) is 0 Å². The van der Waals surface area contributed by atoms with E-state index in [0.29, 0.717) is 0 Å². The molecule has 0 saturated carbocycles. The number of aromatic nitrogens is 1. The molecule has 1 aromatic carbocycles. The van der Waals surface area contributed by atoms with Gasteiger partial charge in [-0.3, -0.25) is 4.79 Å². The van der Waals surface area contributed by atoms with E-state index in [-0.39, 0.29) is 30.4 Å². The van der Waals surface area contributed by atoms with Gasteiger partial charge >= 0.3 is 0 Å². The normalized spacial score (nSPS) is 18.5. The van der Waals surface area contributed by atoms with E-state index in [0.717, 1.165) is 46.1 Å². The van der Waals surface area contributed by atoms with Crippen LogP contribution in [0, 0.1) is 0 Å². The summed E-state index contributed by atoms with van der Waals surface area (Å²) in [4.78, 5) is 21.5. The fourth-order valence-corrected chi connectivity index (χ4v) is 5.43. The number of thiazole rings is 1. The average molecular weight is 408 g/mol. The minimum atomic E-state index is 0. The first-order valence-corrected chi connectivity index (χ1v) is 10.3. The van der Waals surface area contributed by atoms with Crippen LogP contribution in [0.15, 0.2) is 36.4 Å². The Kier molecular flexibility index (Phi) is 5.97. The van der Waals surface area contributed by atoms with Crippen molar-refractivity contribution in [1.29, 1.82) is 0 Å². The van der Waals surface area contributed by atoms with Crippen molar-refractivity contribution in [1.82, 2.24) is 9.88 Å². The third kappa shape index (κ3) is 3.64. The number of hydrogen-bond donors (Lipinski definition) is 1. The van der Waals surface area contributed by atoms with Crippen LogP contribution in [0.25, 0.3) is 20.1 Å². The van der Waals surface area contributed by atoms with Crippen LogP contribution in [-0.2, 0) is 0 Å². The molecule has 2 aromatic heterocycles. The molecule has 4 nitrogen and oxygen atoms in total.